The molecule has 0 radical (unpaired) electrons. The zero-order valence-electron chi connectivity index (χ0n) is 18.8. The van der Waals surface area contributed by atoms with E-state index in [9.17, 15) is 14.7 Å². The third-order valence-corrected chi connectivity index (χ3v) is 6.63. The van der Waals surface area contributed by atoms with Gasteiger partial charge >= 0.3 is 5.97 Å². The number of hydrogen-bond donors (Lipinski definition) is 3. The second-order valence-corrected chi connectivity index (χ2v) is 9.18. The van der Waals surface area contributed by atoms with Crippen LogP contribution in [0.2, 0.25) is 0 Å². The molecular formula is C24H37N3O4. The summed E-state index contributed by atoms with van der Waals surface area (Å²) in [6.45, 7) is 4.02. The van der Waals surface area contributed by atoms with E-state index in [2.05, 4.69) is 22.8 Å². The van der Waals surface area contributed by atoms with E-state index in [1.165, 1.54) is 12.0 Å². The molecule has 3 rings (SSSR count). The fourth-order valence-corrected chi connectivity index (χ4v) is 4.33. The van der Waals surface area contributed by atoms with E-state index in [0.717, 1.165) is 63.0 Å². The summed E-state index contributed by atoms with van der Waals surface area (Å²) in [6.07, 6.45) is 10.1. The van der Waals surface area contributed by atoms with Crippen molar-refractivity contribution in [2.75, 3.05) is 25.1 Å². The molecular weight excluding hydrogens is 394 g/mol. The van der Waals surface area contributed by atoms with E-state index >= 15 is 0 Å². The second kappa shape index (κ2) is 11.5. The number of carboxylic acid groups (broad SMARTS) is 1. The normalized spacial score (nSPS) is 18.5. The Balaban J connectivity index is 1.31. The van der Waals surface area contributed by atoms with Gasteiger partial charge in [-0.2, -0.15) is 0 Å². The first-order valence-corrected chi connectivity index (χ1v) is 11.8. The van der Waals surface area contributed by atoms with Crippen LogP contribution in [0.3, 0.4) is 0 Å². The molecule has 2 aliphatic rings. The molecule has 3 heterocycles. The summed E-state index contributed by atoms with van der Waals surface area (Å²) in [7, 11) is 0. The van der Waals surface area contributed by atoms with Crippen molar-refractivity contribution in [3.63, 3.8) is 0 Å². The first kappa shape index (κ1) is 23.5. The first-order valence-electron chi connectivity index (χ1n) is 11.8. The number of unbranched alkanes of at least 4 members (excludes halogenated alkanes) is 4. The number of amides is 1. The van der Waals surface area contributed by atoms with Crippen LogP contribution in [0.25, 0.3) is 0 Å². The summed E-state index contributed by atoms with van der Waals surface area (Å²) >= 11 is 0. The van der Waals surface area contributed by atoms with Gasteiger partial charge in [0.25, 0.3) is 0 Å². The number of fused-ring (bicyclic) bond motifs is 1. The Labute approximate surface area is 185 Å². The van der Waals surface area contributed by atoms with Gasteiger partial charge in [-0.3, -0.25) is 4.79 Å². The molecule has 7 heteroatoms. The standard InChI is InChI=1S/C24H37N3O4/c1-24(13-16-31-17-14-24)23(30)27-20(22(28)29)10-6-4-2-3-5-9-19-12-11-18-8-7-15-25-21(18)26-19/h11-12,20H,2-10,13-17H2,1H3,(H,25,26)(H,27,30)(H,28,29)/t20-/m0/s1. The van der Waals surface area contributed by atoms with Crippen molar-refractivity contribution in [1.29, 1.82) is 0 Å². The number of nitrogens with zero attached hydrogens (tertiary/aromatic N) is 1. The smallest absolute Gasteiger partial charge is 0.326 e. The molecule has 3 N–H and O–H groups in total. The van der Waals surface area contributed by atoms with Gasteiger partial charge in [0.15, 0.2) is 0 Å². The number of rotatable bonds is 11. The number of carbonyl (C=O) groups is 2. The molecule has 0 unspecified atom stereocenters. The number of carboxylic acids is 1. The molecule has 0 spiro atoms. The Hall–Kier alpha value is -2.15. The summed E-state index contributed by atoms with van der Waals surface area (Å²) < 4.78 is 5.33. The zero-order valence-corrected chi connectivity index (χ0v) is 18.8. The number of anilines is 1. The van der Waals surface area contributed by atoms with Crippen molar-refractivity contribution in [3.8, 4) is 0 Å². The molecule has 1 fully saturated rings. The fraction of sp³-hybridized carbons (Fsp3) is 0.708. The predicted molar refractivity (Wildman–Crippen MR) is 120 cm³/mol. The summed E-state index contributed by atoms with van der Waals surface area (Å²) in [5, 5.41) is 15.7. The van der Waals surface area contributed by atoms with Crippen LogP contribution in [0.5, 0.6) is 0 Å². The summed E-state index contributed by atoms with van der Waals surface area (Å²) in [5.41, 5.74) is 1.94. The van der Waals surface area contributed by atoms with E-state index in [-0.39, 0.29) is 5.91 Å². The Morgan fingerprint density at radius 2 is 1.94 bits per heavy atom. The number of ether oxygens (including phenoxy) is 1. The van der Waals surface area contributed by atoms with Crippen LogP contribution < -0.4 is 10.6 Å². The van der Waals surface area contributed by atoms with Crippen LogP contribution in [0.15, 0.2) is 12.1 Å². The lowest BCUT2D eigenvalue weighted by atomic mass is 9.81. The van der Waals surface area contributed by atoms with Crippen LogP contribution in [-0.2, 0) is 27.2 Å². The first-order chi connectivity index (χ1) is 15.0. The molecule has 1 atom stereocenters. The number of aromatic nitrogens is 1. The lowest BCUT2D eigenvalue weighted by Crippen LogP contribution is -2.49. The highest BCUT2D eigenvalue weighted by Gasteiger charge is 2.37. The van der Waals surface area contributed by atoms with Crippen LogP contribution in [0, 0.1) is 5.41 Å². The highest BCUT2D eigenvalue weighted by atomic mass is 16.5. The lowest BCUT2D eigenvalue weighted by Gasteiger charge is -2.33. The van der Waals surface area contributed by atoms with Gasteiger partial charge in [-0.05, 0) is 56.6 Å². The number of nitrogens with one attached hydrogen (secondary N) is 2. The van der Waals surface area contributed by atoms with Crippen molar-refractivity contribution in [3.05, 3.63) is 23.4 Å². The minimum atomic E-state index is -0.948. The van der Waals surface area contributed by atoms with Crippen molar-refractivity contribution in [2.45, 2.75) is 83.6 Å². The summed E-state index contributed by atoms with van der Waals surface area (Å²) in [4.78, 5) is 28.9. The molecule has 7 nitrogen and oxygen atoms in total. The second-order valence-electron chi connectivity index (χ2n) is 9.18. The van der Waals surface area contributed by atoms with Gasteiger partial charge in [0, 0.05) is 25.5 Å². The molecule has 1 aromatic heterocycles. The minimum absolute atomic E-state index is 0.157. The Bertz CT molecular complexity index is 746. The minimum Gasteiger partial charge on any atom is -0.480 e. The van der Waals surface area contributed by atoms with Crippen LogP contribution in [0.1, 0.15) is 76.0 Å². The maximum atomic E-state index is 12.6. The maximum absolute atomic E-state index is 12.6. The van der Waals surface area contributed by atoms with E-state index in [1.54, 1.807) is 0 Å². The Kier molecular flexibility index (Phi) is 8.69. The van der Waals surface area contributed by atoms with Gasteiger partial charge < -0.3 is 20.5 Å². The van der Waals surface area contributed by atoms with E-state index < -0.39 is 17.4 Å². The highest BCUT2D eigenvalue weighted by molar-refractivity contribution is 5.87. The van der Waals surface area contributed by atoms with Gasteiger partial charge in [-0.25, -0.2) is 9.78 Å². The van der Waals surface area contributed by atoms with Gasteiger partial charge in [0.2, 0.25) is 5.91 Å². The molecule has 0 saturated carbocycles. The molecule has 2 aliphatic heterocycles. The number of aliphatic carboxylic acids is 1. The van der Waals surface area contributed by atoms with Gasteiger partial charge in [-0.15, -0.1) is 0 Å². The van der Waals surface area contributed by atoms with Crippen LogP contribution >= 0.6 is 0 Å². The number of carbonyl (C=O) groups excluding carboxylic acids is 1. The fourth-order valence-electron chi connectivity index (χ4n) is 4.33. The van der Waals surface area contributed by atoms with Crippen LogP contribution in [0.4, 0.5) is 5.82 Å². The maximum Gasteiger partial charge on any atom is 0.326 e. The van der Waals surface area contributed by atoms with Crippen molar-refractivity contribution in [1.82, 2.24) is 10.3 Å². The van der Waals surface area contributed by atoms with E-state index in [0.29, 0.717) is 32.5 Å². The number of hydrogen-bond acceptors (Lipinski definition) is 5. The van der Waals surface area contributed by atoms with E-state index in [4.69, 9.17) is 9.72 Å². The molecule has 1 aromatic rings. The SMILES string of the molecule is CC1(C(=O)N[C@@H](CCCCCCCc2ccc3c(n2)NCCC3)C(=O)O)CCOCC1. The monoisotopic (exact) mass is 431 g/mol. The molecule has 0 aromatic carbocycles. The van der Waals surface area contributed by atoms with Gasteiger partial charge in [0.1, 0.15) is 11.9 Å². The predicted octanol–water partition coefficient (Wildman–Crippen LogP) is 3.71. The molecule has 0 aliphatic carbocycles. The van der Waals surface area contributed by atoms with Crippen molar-refractivity contribution < 1.29 is 19.4 Å². The quantitative estimate of drug-likeness (QED) is 0.462. The van der Waals surface area contributed by atoms with Crippen molar-refractivity contribution >= 4 is 17.7 Å². The average molecular weight is 432 g/mol. The average Bonchev–Trinajstić information content (AvgIpc) is 2.77. The highest BCUT2D eigenvalue weighted by Crippen LogP contribution is 2.30. The number of aryl methyl sites for hydroxylation is 2. The molecule has 0 bridgehead atoms. The van der Waals surface area contributed by atoms with Crippen molar-refractivity contribution in [2.24, 2.45) is 5.41 Å². The lowest BCUT2D eigenvalue weighted by molar-refractivity contribution is -0.145. The largest absolute Gasteiger partial charge is 0.480 e. The molecule has 172 valence electrons. The topological polar surface area (TPSA) is 101 Å². The van der Waals surface area contributed by atoms with E-state index in [1.807, 2.05) is 6.92 Å². The Morgan fingerprint density at radius 3 is 2.71 bits per heavy atom. The van der Waals surface area contributed by atoms with Gasteiger partial charge in [-0.1, -0.05) is 38.7 Å². The Morgan fingerprint density at radius 1 is 1.19 bits per heavy atom. The molecule has 31 heavy (non-hydrogen) atoms. The number of pyridine rings is 1. The molecule has 1 saturated heterocycles. The van der Waals surface area contributed by atoms with Crippen LogP contribution in [-0.4, -0.2) is 47.8 Å². The molecule has 1 amide bonds. The summed E-state index contributed by atoms with van der Waals surface area (Å²) in [6, 6.07) is 3.54. The third kappa shape index (κ3) is 6.92. The summed E-state index contributed by atoms with van der Waals surface area (Å²) in [5.74, 6) is -0.0496. The van der Waals surface area contributed by atoms with Gasteiger partial charge in [0.05, 0.1) is 5.41 Å². The third-order valence-electron chi connectivity index (χ3n) is 6.63. The zero-order chi connectivity index (χ0) is 22.1.